The number of benzene rings is 1. The monoisotopic (exact) mass is 326 g/mol. The van der Waals surface area contributed by atoms with Gasteiger partial charge in [0.25, 0.3) is 5.91 Å². The van der Waals surface area contributed by atoms with Crippen LogP contribution in [0, 0.1) is 0 Å². The Morgan fingerprint density at radius 1 is 1.27 bits per heavy atom. The fourth-order valence-corrected chi connectivity index (χ4v) is 2.89. The Labute approximate surface area is 139 Å². The Hall–Kier alpha value is -1.10. The third kappa shape index (κ3) is 4.97. The number of amides is 1. The summed E-state index contributed by atoms with van der Waals surface area (Å²) < 4.78 is 5.11. The number of carbonyl (C=O) groups excluding carboxylic acids is 1. The average Bonchev–Trinajstić information content (AvgIpc) is 2.54. The van der Waals surface area contributed by atoms with E-state index >= 15 is 0 Å². The van der Waals surface area contributed by atoms with Gasteiger partial charge in [0.15, 0.2) is 0 Å². The van der Waals surface area contributed by atoms with E-state index in [1.807, 2.05) is 24.3 Å². The van der Waals surface area contributed by atoms with Crippen molar-refractivity contribution in [2.24, 2.45) is 0 Å². The molecule has 4 nitrogen and oxygen atoms in total. The van der Waals surface area contributed by atoms with Crippen LogP contribution in [0.1, 0.15) is 42.1 Å². The van der Waals surface area contributed by atoms with Crippen molar-refractivity contribution in [1.82, 2.24) is 10.2 Å². The largest absolute Gasteiger partial charge is 0.380 e. The van der Waals surface area contributed by atoms with E-state index in [9.17, 15) is 4.79 Å². The fourth-order valence-electron chi connectivity index (χ4n) is 2.89. The summed E-state index contributed by atoms with van der Waals surface area (Å²) in [6.45, 7) is 5.56. The van der Waals surface area contributed by atoms with Crippen molar-refractivity contribution in [2.75, 3.05) is 26.7 Å². The lowest BCUT2D eigenvalue weighted by atomic mass is 10.0. The van der Waals surface area contributed by atoms with E-state index in [0.717, 1.165) is 50.0 Å². The second kappa shape index (κ2) is 9.82. The van der Waals surface area contributed by atoms with E-state index in [1.54, 1.807) is 7.11 Å². The topological polar surface area (TPSA) is 41.6 Å². The van der Waals surface area contributed by atoms with Crippen LogP contribution in [0.4, 0.5) is 0 Å². The van der Waals surface area contributed by atoms with Crippen LogP contribution >= 0.6 is 12.4 Å². The molecule has 1 aromatic rings. The molecule has 5 heteroatoms. The molecule has 0 saturated carbocycles. The standard InChI is InChI=1S/C17H26N2O2.ClH/c1-3-12-19(16-8-10-18-11-9-16)17(20)15-6-4-14(5-7-15)13-21-2;/h4-7,16,18H,3,8-13H2,1-2H3;1H. The Bertz CT molecular complexity index is 444. The first kappa shape index (κ1) is 18.9. The minimum atomic E-state index is 0. The number of methoxy groups -OCH3 is 1. The molecule has 1 heterocycles. The van der Waals surface area contributed by atoms with E-state index < -0.39 is 0 Å². The maximum Gasteiger partial charge on any atom is 0.254 e. The summed E-state index contributed by atoms with van der Waals surface area (Å²) in [5, 5.41) is 3.36. The Kier molecular flexibility index (Phi) is 8.46. The highest BCUT2D eigenvalue weighted by Crippen LogP contribution is 2.17. The molecule has 1 aliphatic heterocycles. The minimum Gasteiger partial charge on any atom is -0.380 e. The maximum absolute atomic E-state index is 12.8. The van der Waals surface area contributed by atoms with E-state index in [4.69, 9.17) is 4.74 Å². The number of rotatable bonds is 6. The SMILES string of the molecule is CCCN(C(=O)c1ccc(COC)cc1)C1CCNCC1.Cl. The lowest BCUT2D eigenvalue weighted by molar-refractivity contribution is 0.0642. The van der Waals surface area contributed by atoms with Crippen molar-refractivity contribution in [2.45, 2.75) is 38.8 Å². The highest BCUT2D eigenvalue weighted by molar-refractivity contribution is 5.94. The molecular formula is C17H27ClN2O2. The molecule has 0 bridgehead atoms. The number of nitrogens with zero attached hydrogens (tertiary/aromatic N) is 1. The van der Waals surface area contributed by atoms with E-state index in [0.29, 0.717) is 12.6 Å². The third-order valence-electron chi connectivity index (χ3n) is 3.99. The lowest BCUT2D eigenvalue weighted by Crippen LogP contribution is -2.46. The van der Waals surface area contributed by atoms with Crippen LogP contribution in [0.3, 0.4) is 0 Å². The van der Waals surface area contributed by atoms with Crippen LogP contribution in [0.2, 0.25) is 0 Å². The highest BCUT2D eigenvalue weighted by atomic mass is 35.5. The van der Waals surface area contributed by atoms with Crippen LogP contribution in [0.15, 0.2) is 24.3 Å². The quantitative estimate of drug-likeness (QED) is 0.874. The van der Waals surface area contributed by atoms with Crippen molar-refractivity contribution in [3.8, 4) is 0 Å². The first-order chi connectivity index (χ1) is 10.3. The van der Waals surface area contributed by atoms with Gasteiger partial charge in [0.05, 0.1) is 6.61 Å². The molecule has 1 aromatic carbocycles. The summed E-state index contributed by atoms with van der Waals surface area (Å²) in [6.07, 6.45) is 3.10. The summed E-state index contributed by atoms with van der Waals surface area (Å²) in [5.74, 6) is 0.160. The predicted octanol–water partition coefficient (Wildman–Crippen LogP) is 2.86. The van der Waals surface area contributed by atoms with Gasteiger partial charge in [-0.2, -0.15) is 0 Å². The number of hydrogen-bond acceptors (Lipinski definition) is 3. The van der Waals surface area contributed by atoms with Gasteiger partial charge >= 0.3 is 0 Å². The first-order valence-electron chi connectivity index (χ1n) is 7.85. The predicted molar refractivity (Wildman–Crippen MR) is 91.6 cm³/mol. The zero-order valence-corrected chi connectivity index (χ0v) is 14.3. The van der Waals surface area contributed by atoms with Crippen LogP contribution in [0.5, 0.6) is 0 Å². The molecule has 0 unspecified atom stereocenters. The van der Waals surface area contributed by atoms with Crippen LogP contribution < -0.4 is 5.32 Å². The molecule has 1 N–H and O–H groups in total. The molecule has 2 rings (SSSR count). The highest BCUT2D eigenvalue weighted by Gasteiger charge is 2.25. The van der Waals surface area contributed by atoms with Crippen molar-refractivity contribution in [3.05, 3.63) is 35.4 Å². The number of piperidine rings is 1. The van der Waals surface area contributed by atoms with Crippen molar-refractivity contribution in [1.29, 1.82) is 0 Å². The number of hydrogen-bond donors (Lipinski definition) is 1. The molecule has 0 radical (unpaired) electrons. The van der Waals surface area contributed by atoms with Gasteiger partial charge in [0, 0.05) is 25.3 Å². The zero-order valence-electron chi connectivity index (χ0n) is 13.5. The number of nitrogens with one attached hydrogen (secondary N) is 1. The number of carbonyl (C=O) groups is 1. The Morgan fingerprint density at radius 2 is 1.91 bits per heavy atom. The van der Waals surface area contributed by atoms with Crippen molar-refractivity contribution >= 4 is 18.3 Å². The summed E-state index contributed by atoms with van der Waals surface area (Å²) in [6, 6.07) is 8.16. The summed E-state index contributed by atoms with van der Waals surface area (Å²) >= 11 is 0. The molecule has 0 atom stereocenters. The molecule has 0 aromatic heterocycles. The van der Waals surface area contributed by atoms with Gasteiger partial charge in [0.2, 0.25) is 0 Å². The van der Waals surface area contributed by atoms with Crippen LogP contribution in [-0.2, 0) is 11.3 Å². The molecule has 1 amide bonds. The molecule has 1 fully saturated rings. The molecule has 22 heavy (non-hydrogen) atoms. The van der Waals surface area contributed by atoms with Gasteiger partial charge in [-0.25, -0.2) is 0 Å². The fraction of sp³-hybridized carbons (Fsp3) is 0.588. The minimum absolute atomic E-state index is 0. The molecule has 1 saturated heterocycles. The number of halogens is 1. The second-order valence-corrected chi connectivity index (χ2v) is 5.61. The number of ether oxygens (including phenoxy) is 1. The molecular weight excluding hydrogens is 300 g/mol. The van der Waals surface area contributed by atoms with E-state index in [-0.39, 0.29) is 18.3 Å². The summed E-state index contributed by atoms with van der Waals surface area (Å²) in [7, 11) is 1.68. The normalized spacial score (nSPS) is 15.2. The molecule has 1 aliphatic rings. The molecule has 0 aliphatic carbocycles. The smallest absolute Gasteiger partial charge is 0.254 e. The van der Waals surface area contributed by atoms with Crippen molar-refractivity contribution < 1.29 is 9.53 Å². The summed E-state index contributed by atoms with van der Waals surface area (Å²) in [5.41, 5.74) is 1.87. The van der Waals surface area contributed by atoms with Gasteiger partial charge in [-0.15, -0.1) is 12.4 Å². The molecule has 0 spiro atoms. The van der Waals surface area contributed by atoms with Gasteiger partial charge < -0.3 is 15.0 Å². The maximum atomic E-state index is 12.8. The van der Waals surface area contributed by atoms with Crippen LogP contribution in [0.25, 0.3) is 0 Å². The third-order valence-corrected chi connectivity index (χ3v) is 3.99. The molecule has 124 valence electrons. The second-order valence-electron chi connectivity index (χ2n) is 5.61. The van der Waals surface area contributed by atoms with Gasteiger partial charge in [0.1, 0.15) is 0 Å². The van der Waals surface area contributed by atoms with E-state index in [2.05, 4.69) is 17.1 Å². The Balaban J connectivity index is 0.00000242. The van der Waals surface area contributed by atoms with Gasteiger partial charge in [-0.05, 0) is 50.0 Å². The summed E-state index contributed by atoms with van der Waals surface area (Å²) in [4.78, 5) is 14.8. The average molecular weight is 327 g/mol. The van der Waals surface area contributed by atoms with Crippen LogP contribution in [-0.4, -0.2) is 43.6 Å². The Morgan fingerprint density at radius 3 is 2.45 bits per heavy atom. The lowest BCUT2D eigenvalue weighted by Gasteiger charge is -2.34. The van der Waals surface area contributed by atoms with Gasteiger partial charge in [-0.1, -0.05) is 19.1 Å². The van der Waals surface area contributed by atoms with E-state index in [1.165, 1.54) is 0 Å². The zero-order chi connectivity index (χ0) is 15.1. The van der Waals surface area contributed by atoms with Crippen molar-refractivity contribution in [3.63, 3.8) is 0 Å². The first-order valence-corrected chi connectivity index (χ1v) is 7.85. The van der Waals surface area contributed by atoms with Gasteiger partial charge in [-0.3, -0.25) is 4.79 Å².